The molecule has 1 rings (SSSR count). The van der Waals surface area contributed by atoms with Gasteiger partial charge in [-0.25, -0.2) is 19.4 Å². The van der Waals surface area contributed by atoms with E-state index in [1.807, 2.05) is 0 Å². The Morgan fingerprint density at radius 2 is 1.88 bits per heavy atom. The van der Waals surface area contributed by atoms with E-state index >= 15 is 0 Å². The van der Waals surface area contributed by atoms with Gasteiger partial charge >= 0.3 is 11.9 Å². The molecule has 1 aromatic carbocycles. The third kappa shape index (κ3) is 3.23. The number of hydrogen-bond acceptors (Lipinski definition) is 6. The van der Waals surface area contributed by atoms with Crippen LogP contribution in [0.4, 0.5) is 0 Å². The van der Waals surface area contributed by atoms with Gasteiger partial charge in [0.2, 0.25) is 0 Å². The molecule has 0 aliphatic heterocycles. The van der Waals surface area contributed by atoms with Crippen molar-refractivity contribution in [3.05, 3.63) is 35.9 Å². The van der Waals surface area contributed by atoms with Crippen LogP contribution in [0.1, 0.15) is 17.3 Å². The van der Waals surface area contributed by atoms with Gasteiger partial charge in [0.05, 0.1) is 0 Å². The van der Waals surface area contributed by atoms with Gasteiger partial charge in [0.1, 0.15) is 17.1 Å². The van der Waals surface area contributed by atoms with Crippen molar-refractivity contribution in [1.29, 1.82) is 0 Å². The molecule has 0 unspecified atom stereocenters. The van der Waals surface area contributed by atoms with Gasteiger partial charge in [-0.3, -0.25) is 0 Å². The van der Waals surface area contributed by atoms with Crippen LogP contribution in [0.3, 0.4) is 0 Å². The first-order valence-electron chi connectivity index (χ1n) is 4.52. The lowest BCUT2D eigenvalue weighted by Crippen LogP contribution is -2.12. The summed E-state index contributed by atoms with van der Waals surface area (Å²) in [5.41, 5.74) is -0.266. The summed E-state index contributed by atoms with van der Waals surface area (Å²) in [6.45, 7) is 4.66. The molecule has 0 amide bonds. The largest absolute Gasteiger partial charge is 0.508 e. The van der Waals surface area contributed by atoms with Crippen molar-refractivity contribution in [3.8, 4) is 11.5 Å². The Morgan fingerprint density at radius 3 is 2.47 bits per heavy atom. The third-order valence-electron chi connectivity index (χ3n) is 1.74. The second-order valence-electron chi connectivity index (χ2n) is 3.22. The number of benzene rings is 1. The lowest BCUT2D eigenvalue weighted by atomic mass is 10.2. The minimum Gasteiger partial charge on any atom is -0.508 e. The molecule has 6 heteroatoms. The van der Waals surface area contributed by atoms with Crippen molar-refractivity contribution in [2.75, 3.05) is 0 Å². The maximum Gasteiger partial charge on any atom is 0.390 e. The fraction of sp³-hybridized carbons (Fsp3) is 0.0909. The Balaban J connectivity index is 2.74. The lowest BCUT2D eigenvalue weighted by Gasteiger charge is -2.04. The Bertz CT molecular complexity index is 477. The first-order chi connectivity index (χ1) is 7.91. The highest BCUT2D eigenvalue weighted by atomic mass is 17.2. The Morgan fingerprint density at radius 1 is 1.24 bits per heavy atom. The van der Waals surface area contributed by atoms with E-state index in [0.29, 0.717) is 0 Å². The van der Waals surface area contributed by atoms with Crippen molar-refractivity contribution in [2.24, 2.45) is 0 Å². The number of aromatic hydroxyl groups is 2. The maximum atomic E-state index is 11.3. The number of carbonyl (C=O) groups is 2. The standard InChI is InChI=1S/C11H10O6/c1-6(2)10(14)16-17-11(15)8-5-7(12)3-4-9(8)13/h3-5,12-13H,1H2,2H3. The van der Waals surface area contributed by atoms with Crippen LogP contribution in [0.15, 0.2) is 30.4 Å². The fourth-order valence-corrected chi connectivity index (χ4v) is 0.879. The summed E-state index contributed by atoms with van der Waals surface area (Å²) in [4.78, 5) is 30.6. The average Bonchev–Trinajstić information content (AvgIpc) is 2.28. The third-order valence-corrected chi connectivity index (χ3v) is 1.74. The van der Waals surface area contributed by atoms with Crippen LogP contribution in [-0.4, -0.2) is 22.2 Å². The van der Waals surface area contributed by atoms with Crippen molar-refractivity contribution in [2.45, 2.75) is 6.92 Å². The summed E-state index contributed by atoms with van der Waals surface area (Å²) in [7, 11) is 0. The Labute approximate surface area is 96.6 Å². The van der Waals surface area contributed by atoms with Gasteiger partial charge in [-0.1, -0.05) is 6.58 Å². The van der Waals surface area contributed by atoms with E-state index in [4.69, 9.17) is 5.11 Å². The Kier molecular flexibility index (Phi) is 3.71. The zero-order valence-corrected chi connectivity index (χ0v) is 8.97. The first kappa shape index (κ1) is 12.6. The molecule has 0 saturated heterocycles. The lowest BCUT2D eigenvalue weighted by molar-refractivity contribution is -0.229. The molecule has 90 valence electrons. The molecule has 0 heterocycles. The summed E-state index contributed by atoms with van der Waals surface area (Å²) in [6, 6.07) is 3.27. The molecule has 0 fully saturated rings. The van der Waals surface area contributed by atoms with Crippen LogP contribution in [-0.2, 0) is 14.6 Å². The number of carbonyl (C=O) groups excluding carboxylic acids is 2. The van der Waals surface area contributed by atoms with Crippen molar-refractivity contribution >= 4 is 11.9 Å². The quantitative estimate of drug-likeness (QED) is 0.349. The molecule has 0 bridgehead atoms. The molecular weight excluding hydrogens is 228 g/mol. The predicted octanol–water partition coefficient (Wildman–Crippen LogP) is 1.29. The van der Waals surface area contributed by atoms with Crippen LogP contribution in [0.25, 0.3) is 0 Å². The average molecular weight is 238 g/mol. The Hall–Kier alpha value is -2.50. The van der Waals surface area contributed by atoms with E-state index in [1.165, 1.54) is 13.0 Å². The summed E-state index contributed by atoms with van der Waals surface area (Å²) in [5, 5.41) is 18.4. The monoisotopic (exact) mass is 238 g/mol. The molecule has 0 radical (unpaired) electrons. The molecule has 2 N–H and O–H groups in total. The zero-order valence-electron chi connectivity index (χ0n) is 8.97. The van der Waals surface area contributed by atoms with Crippen molar-refractivity contribution in [3.63, 3.8) is 0 Å². The summed E-state index contributed by atoms with van der Waals surface area (Å²) >= 11 is 0. The van der Waals surface area contributed by atoms with E-state index in [9.17, 15) is 14.7 Å². The number of phenolic OH excluding ortho intramolecular Hbond substituents is 2. The van der Waals surface area contributed by atoms with Gasteiger partial charge in [0.15, 0.2) is 0 Å². The highest BCUT2D eigenvalue weighted by Crippen LogP contribution is 2.22. The second-order valence-corrected chi connectivity index (χ2v) is 3.22. The van der Waals surface area contributed by atoms with E-state index in [2.05, 4.69) is 16.4 Å². The summed E-state index contributed by atoms with van der Waals surface area (Å²) in [6.07, 6.45) is 0. The highest BCUT2D eigenvalue weighted by Gasteiger charge is 2.17. The van der Waals surface area contributed by atoms with E-state index in [-0.39, 0.29) is 16.9 Å². The van der Waals surface area contributed by atoms with Gasteiger partial charge in [0, 0.05) is 5.57 Å². The zero-order chi connectivity index (χ0) is 13.0. The van der Waals surface area contributed by atoms with Gasteiger partial charge in [0.25, 0.3) is 0 Å². The second kappa shape index (κ2) is 5.02. The molecule has 6 nitrogen and oxygen atoms in total. The number of hydrogen-bond donors (Lipinski definition) is 2. The molecular formula is C11H10O6. The molecule has 0 saturated carbocycles. The SMILES string of the molecule is C=C(C)C(=O)OOC(=O)c1cc(O)ccc1O. The van der Waals surface area contributed by atoms with E-state index in [1.54, 1.807) is 0 Å². The van der Waals surface area contributed by atoms with Crippen molar-refractivity contribution in [1.82, 2.24) is 0 Å². The van der Waals surface area contributed by atoms with Crippen LogP contribution < -0.4 is 0 Å². The highest BCUT2D eigenvalue weighted by molar-refractivity contribution is 5.93. The maximum absolute atomic E-state index is 11.3. The normalized spacial score (nSPS) is 9.47. The molecule has 0 spiro atoms. The minimum atomic E-state index is -1.10. The molecule has 0 aliphatic rings. The van der Waals surface area contributed by atoms with E-state index < -0.39 is 17.7 Å². The smallest absolute Gasteiger partial charge is 0.390 e. The summed E-state index contributed by atoms with van der Waals surface area (Å²) in [5.74, 6) is -2.65. The number of rotatable bonds is 2. The van der Waals surface area contributed by atoms with E-state index in [0.717, 1.165) is 12.1 Å². The van der Waals surface area contributed by atoms with Crippen LogP contribution in [0.5, 0.6) is 11.5 Å². The molecule has 0 aliphatic carbocycles. The van der Waals surface area contributed by atoms with Gasteiger partial charge in [-0.2, -0.15) is 0 Å². The van der Waals surface area contributed by atoms with Gasteiger partial charge in [-0.15, -0.1) is 0 Å². The fourth-order valence-electron chi connectivity index (χ4n) is 0.879. The van der Waals surface area contributed by atoms with Gasteiger partial charge < -0.3 is 10.2 Å². The minimum absolute atomic E-state index is 0.0536. The van der Waals surface area contributed by atoms with Crippen LogP contribution in [0, 0.1) is 0 Å². The molecule has 1 aromatic rings. The molecule has 0 aromatic heterocycles. The molecule has 17 heavy (non-hydrogen) atoms. The topological polar surface area (TPSA) is 93.1 Å². The van der Waals surface area contributed by atoms with Crippen LogP contribution in [0.2, 0.25) is 0 Å². The predicted molar refractivity (Wildman–Crippen MR) is 56.1 cm³/mol. The first-order valence-corrected chi connectivity index (χ1v) is 4.52. The van der Waals surface area contributed by atoms with Crippen LogP contribution >= 0.6 is 0 Å². The molecule has 0 atom stereocenters. The van der Waals surface area contributed by atoms with Crippen molar-refractivity contribution < 1.29 is 29.6 Å². The number of phenols is 2. The summed E-state index contributed by atoms with van der Waals surface area (Å²) < 4.78 is 0. The van der Waals surface area contributed by atoms with Gasteiger partial charge in [-0.05, 0) is 25.1 Å².